The molecule has 1 aliphatic heterocycles. The van der Waals surface area contributed by atoms with Crippen molar-refractivity contribution in [3.05, 3.63) is 84.8 Å². The fraction of sp³-hybridized carbons (Fsp3) is 0.300. The van der Waals surface area contributed by atoms with E-state index in [0.29, 0.717) is 60.4 Å². The lowest BCUT2D eigenvalue weighted by atomic mass is 9.75. The number of hydrogen-bond donors (Lipinski definition) is 2. The molecule has 0 amide bonds. The van der Waals surface area contributed by atoms with E-state index in [9.17, 15) is 9.82 Å². The van der Waals surface area contributed by atoms with Crippen LogP contribution in [0.1, 0.15) is 74.6 Å². The molecule has 7 nitrogen and oxygen atoms in total. The third kappa shape index (κ3) is 5.62. The molecule has 1 aliphatic rings. The minimum Gasteiger partial charge on any atom is -0.460 e. The molecule has 0 saturated carbocycles. The summed E-state index contributed by atoms with van der Waals surface area (Å²) in [6, 6.07) is 10.7. The third-order valence-electron chi connectivity index (χ3n) is 6.69. The van der Waals surface area contributed by atoms with Gasteiger partial charge >= 0.3 is 7.12 Å². The van der Waals surface area contributed by atoms with Gasteiger partial charge in [-0.2, -0.15) is 0 Å². The highest BCUT2D eigenvalue weighted by Gasteiger charge is 2.29. The number of pyridine rings is 1. The average molecular weight is 580 g/mol. The fourth-order valence-electron chi connectivity index (χ4n) is 4.88. The van der Waals surface area contributed by atoms with Crippen LogP contribution >= 0.6 is 23.2 Å². The first-order valence-corrected chi connectivity index (χ1v) is 14.0. The van der Waals surface area contributed by atoms with Gasteiger partial charge in [0, 0.05) is 33.1 Å². The maximum absolute atomic E-state index is 13.2. The lowest BCUT2D eigenvalue weighted by Gasteiger charge is -2.21. The van der Waals surface area contributed by atoms with Crippen LogP contribution in [-0.4, -0.2) is 23.3 Å². The molecular formula is C30H32BCl2N3O4. The largest absolute Gasteiger partial charge is 0.585 e. The minimum absolute atomic E-state index is 0.0162. The zero-order valence-electron chi connectivity index (χ0n) is 23.6. The molecule has 2 aromatic carbocycles. The van der Waals surface area contributed by atoms with E-state index in [1.807, 2.05) is 72.7 Å². The Morgan fingerprint density at radius 1 is 1.05 bits per heavy atom. The van der Waals surface area contributed by atoms with E-state index in [0.717, 1.165) is 11.1 Å². The molecule has 0 saturated heterocycles. The van der Waals surface area contributed by atoms with Crippen molar-refractivity contribution >= 4 is 58.7 Å². The lowest BCUT2D eigenvalue weighted by Crippen LogP contribution is -2.38. The van der Waals surface area contributed by atoms with E-state index in [-0.39, 0.29) is 17.4 Å². The Labute approximate surface area is 244 Å². The maximum Gasteiger partial charge on any atom is 0.585 e. The van der Waals surface area contributed by atoms with E-state index in [2.05, 4.69) is 15.5 Å². The minimum atomic E-state index is -1.25. The second kappa shape index (κ2) is 12.0. The molecule has 1 unspecified atom stereocenters. The van der Waals surface area contributed by atoms with Crippen molar-refractivity contribution < 1.29 is 14.2 Å². The van der Waals surface area contributed by atoms with Crippen LogP contribution in [0.15, 0.2) is 50.8 Å². The Balaban J connectivity index is 0.00000181. The number of anilines is 1. The molecule has 0 radical (unpaired) electrons. The molecule has 40 heavy (non-hydrogen) atoms. The standard InChI is InChI=1S/C28H26BCl2N3O4.C2H6/c1-13(2)27-15(4)26(35)20-9-14(3)8-19(28(20)37-27)16(5)33-22-6-7-23(31)34-25(22)17-10-18-12-32-38-29(36)24(18)21(30)11-17;1-2/h6-13,16,33,36H,1-5H3;1-2H3. The van der Waals surface area contributed by atoms with E-state index < -0.39 is 7.12 Å². The van der Waals surface area contributed by atoms with Crippen LogP contribution in [0.4, 0.5) is 5.69 Å². The number of oxime groups is 1. The number of halogens is 2. The summed E-state index contributed by atoms with van der Waals surface area (Å²) in [5, 5.41) is 18.6. The van der Waals surface area contributed by atoms with E-state index in [4.69, 9.17) is 32.4 Å². The summed E-state index contributed by atoms with van der Waals surface area (Å²) in [5.74, 6) is 0.753. The SMILES string of the molecule is CC.Cc1cc(C(C)Nc2ccc(Cl)nc2-c2cc(Cl)c3c(c2)C=NOB3O)c2oc(C(C)C)c(C)c(=O)c2c1. The van der Waals surface area contributed by atoms with Gasteiger partial charge in [-0.1, -0.05) is 57.0 Å². The normalized spacial score (nSPS) is 13.0. The summed E-state index contributed by atoms with van der Waals surface area (Å²) in [6.45, 7) is 13.8. The highest BCUT2D eigenvalue weighted by molar-refractivity contribution is 6.65. The molecule has 1 atom stereocenters. The van der Waals surface area contributed by atoms with Gasteiger partial charge in [0.1, 0.15) is 16.5 Å². The van der Waals surface area contributed by atoms with Crippen LogP contribution in [0, 0.1) is 13.8 Å². The van der Waals surface area contributed by atoms with Crippen molar-refractivity contribution in [2.45, 2.75) is 60.4 Å². The van der Waals surface area contributed by atoms with Crippen LogP contribution in [0.25, 0.3) is 22.2 Å². The van der Waals surface area contributed by atoms with Crippen molar-refractivity contribution in [2.75, 3.05) is 5.32 Å². The number of aryl methyl sites for hydroxylation is 1. The number of nitrogens with zero attached hydrogens (tertiary/aromatic N) is 2. The summed E-state index contributed by atoms with van der Waals surface area (Å²) in [6.07, 6.45) is 1.49. The second-order valence-electron chi connectivity index (χ2n) is 9.86. The molecule has 5 rings (SSSR count). The summed E-state index contributed by atoms with van der Waals surface area (Å²) < 4.78 is 11.3. The first kappa shape index (κ1) is 29.7. The van der Waals surface area contributed by atoms with Gasteiger partial charge in [0.15, 0.2) is 5.43 Å². The van der Waals surface area contributed by atoms with Gasteiger partial charge in [-0.15, -0.1) is 5.16 Å². The van der Waals surface area contributed by atoms with Crippen molar-refractivity contribution in [3.8, 4) is 11.3 Å². The van der Waals surface area contributed by atoms with Gasteiger partial charge < -0.3 is 19.5 Å². The van der Waals surface area contributed by atoms with Gasteiger partial charge in [0.2, 0.25) is 0 Å². The molecule has 0 aliphatic carbocycles. The first-order chi connectivity index (χ1) is 19.0. The number of hydrogen-bond acceptors (Lipinski definition) is 7. The summed E-state index contributed by atoms with van der Waals surface area (Å²) >= 11 is 12.8. The van der Waals surface area contributed by atoms with E-state index in [1.54, 1.807) is 12.1 Å². The molecule has 3 heterocycles. The molecular weight excluding hydrogens is 548 g/mol. The van der Waals surface area contributed by atoms with E-state index >= 15 is 0 Å². The molecule has 2 aromatic heterocycles. The summed E-state index contributed by atoms with van der Waals surface area (Å²) in [5.41, 5.74) is 6.02. The highest BCUT2D eigenvalue weighted by atomic mass is 35.5. The van der Waals surface area contributed by atoms with Gasteiger partial charge in [0.25, 0.3) is 0 Å². The third-order valence-corrected chi connectivity index (χ3v) is 7.21. The monoisotopic (exact) mass is 579 g/mol. The van der Waals surface area contributed by atoms with Crippen molar-refractivity contribution in [3.63, 3.8) is 0 Å². The molecule has 2 N–H and O–H groups in total. The Morgan fingerprint density at radius 3 is 2.48 bits per heavy atom. The number of aromatic nitrogens is 1. The van der Waals surface area contributed by atoms with Crippen LogP contribution in [0.3, 0.4) is 0 Å². The number of benzene rings is 2. The highest BCUT2D eigenvalue weighted by Crippen LogP contribution is 2.35. The van der Waals surface area contributed by atoms with Crippen LogP contribution in [0.2, 0.25) is 10.2 Å². The lowest BCUT2D eigenvalue weighted by molar-refractivity contribution is 0.286. The topological polar surface area (TPSA) is 97.0 Å². The number of rotatable bonds is 5. The molecule has 10 heteroatoms. The first-order valence-electron chi connectivity index (χ1n) is 13.3. The van der Waals surface area contributed by atoms with Crippen molar-refractivity contribution in [1.29, 1.82) is 0 Å². The van der Waals surface area contributed by atoms with Crippen molar-refractivity contribution in [1.82, 2.24) is 4.98 Å². The average Bonchev–Trinajstić information content (AvgIpc) is 2.92. The quantitative estimate of drug-likeness (QED) is 0.192. The zero-order valence-corrected chi connectivity index (χ0v) is 25.1. The molecule has 0 spiro atoms. The molecule has 208 valence electrons. The fourth-order valence-corrected chi connectivity index (χ4v) is 5.35. The Hall–Kier alpha value is -3.33. The molecule has 0 fully saturated rings. The molecule has 4 aromatic rings. The predicted molar refractivity (Wildman–Crippen MR) is 165 cm³/mol. The zero-order chi connectivity index (χ0) is 29.3. The van der Waals surface area contributed by atoms with Gasteiger partial charge in [-0.25, -0.2) is 4.98 Å². The Morgan fingerprint density at radius 2 is 1.77 bits per heavy atom. The van der Waals surface area contributed by atoms with Gasteiger partial charge in [0.05, 0.1) is 29.0 Å². The van der Waals surface area contributed by atoms with Crippen LogP contribution < -0.4 is 16.2 Å². The Kier molecular flexibility index (Phi) is 8.93. The van der Waals surface area contributed by atoms with E-state index in [1.165, 1.54) is 6.21 Å². The van der Waals surface area contributed by atoms with Gasteiger partial charge in [-0.3, -0.25) is 4.79 Å². The van der Waals surface area contributed by atoms with Crippen molar-refractivity contribution in [2.24, 2.45) is 5.16 Å². The maximum atomic E-state index is 13.2. The second-order valence-corrected chi connectivity index (χ2v) is 10.6. The van der Waals surface area contributed by atoms with Crippen LogP contribution in [-0.2, 0) is 4.76 Å². The van der Waals surface area contributed by atoms with Gasteiger partial charge in [-0.05, 0) is 62.2 Å². The Bertz CT molecular complexity index is 1670. The summed E-state index contributed by atoms with van der Waals surface area (Å²) in [4.78, 5) is 17.8. The molecule has 0 bridgehead atoms. The van der Waals surface area contributed by atoms with Crippen LogP contribution in [0.5, 0.6) is 0 Å². The smallest absolute Gasteiger partial charge is 0.460 e. The number of nitrogens with one attached hydrogen (secondary N) is 1. The number of fused-ring (bicyclic) bond motifs is 2. The predicted octanol–water partition coefficient (Wildman–Crippen LogP) is 7.15. The summed E-state index contributed by atoms with van der Waals surface area (Å²) in [7, 11) is -1.25.